The predicted molar refractivity (Wildman–Crippen MR) is 72.9 cm³/mol. The van der Waals surface area contributed by atoms with E-state index < -0.39 is 11.6 Å². The van der Waals surface area contributed by atoms with Crippen LogP contribution in [-0.4, -0.2) is 0 Å². The number of hydrogen-bond donors (Lipinski definition) is 2. The Morgan fingerprint density at radius 2 is 1.83 bits per heavy atom. The molecule has 2 aromatic rings. The molecule has 0 saturated heterocycles. The van der Waals surface area contributed by atoms with Gasteiger partial charge >= 0.3 is 0 Å². The minimum Gasteiger partial charge on any atom is -0.395 e. The molecule has 0 unspecified atom stereocenters. The van der Waals surface area contributed by atoms with Crippen LogP contribution in [0.15, 0.2) is 34.8 Å². The number of hydrogen-bond acceptors (Lipinski definition) is 2. The maximum Gasteiger partial charge on any atom is 0.148 e. The van der Waals surface area contributed by atoms with Crippen LogP contribution in [0, 0.1) is 18.6 Å². The Morgan fingerprint density at radius 3 is 2.56 bits per heavy atom. The van der Waals surface area contributed by atoms with E-state index in [0.29, 0.717) is 15.8 Å². The second-order valence-corrected chi connectivity index (χ2v) is 4.76. The summed E-state index contributed by atoms with van der Waals surface area (Å²) in [6.45, 7) is 1.82. The van der Waals surface area contributed by atoms with Crippen molar-refractivity contribution in [3.8, 4) is 0 Å². The Hall–Kier alpha value is -1.62. The number of halogens is 3. The number of aryl methyl sites for hydroxylation is 1. The highest BCUT2D eigenvalue weighted by atomic mass is 79.9. The number of nitrogens with one attached hydrogen (secondary N) is 1. The van der Waals surface area contributed by atoms with Crippen molar-refractivity contribution in [3.63, 3.8) is 0 Å². The van der Waals surface area contributed by atoms with Gasteiger partial charge in [0, 0.05) is 5.69 Å². The van der Waals surface area contributed by atoms with Crippen molar-refractivity contribution in [2.45, 2.75) is 6.92 Å². The van der Waals surface area contributed by atoms with Gasteiger partial charge in [-0.05, 0) is 52.7 Å². The van der Waals surface area contributed by atoms with Crippen molar-refractivity contribution in [3.05, 3.63) is 52.0 Å². The number of rotatable bonds is 2. The lowest BCUT2D eigenvalue weighted by Crippen LogP contribution is -2.00. The van der Waals surface area contributed by atoms with Crippen LogP contribution in [0.3, 0.4) is 0 Å². The third-order valence-corrected chi connectivity index (χ3v) is 3.20. The van der Waals surface area contributed by atoms with Gasteiger partial charge in [0.1, 0.15) is 11.6 Å². The smallest absolute Gasteiger partial charge is 0.148 e. The van der Waals surface area contributed by atoms with Gasteiger partial charge in [0.25, 0.3) is 0 Å². The fraction of sp³-hybridized carbons (Fsp3) is 0.0769. The molecule has 5 heteroatoms. The molecule has 0 aliphatic carbocycles. The first-order valence-corrected chi connectivity index (χ1v) is 6.05. The second kappa shape index (κ2) is 4.94. The van der Waals surface area contributed by atoms with Crippen molar-refractivity contribution in [2.75, 3.05) is 11.1 Å². The number of anilines is 3. The summed E-state index contributed by atoms with van der Waals surface area (Å²) in [6.07, 6.45) is 0. The molecule has 0 fully saturated rings. The molecule has 0 aliphatic rings. The maximum absolute atomic E-state index is 13.4. The molecule has 94 valence electrons. The molecule has 0 amide bonds. The van der Waals surface area contributed by atoms with Crippen LogP contribution >= 0.6 is 15.9 Å². The SMILES string of the molecule is Cc1cc(Br)c(F)cc1Nc1cccc(F)c1N. The highest BCUT2D eigenvalue weighted by Gasteiger charge is 2.08. The van der Waals surface area contributed by atoms with Crippen molar-refractivity contribution in [2.24, 2.45) is 0 Å². The van der Waals surface area contributed by atoms with Crippen LogP contribution < -0.4 is 11.1 Å². The fourth-order valence-corrected chi connectivity index (χ4v) is 2.03. The summed E-state index contributed by atoms with van der Waals surface area (Å²) in [4.78, 5) is 0. The van der Waals surface area contributed by atoms with E-state index >= 15 is 0 Å². The molecular formula is C13H11BrF2N2. The molecule has 0 atom stereocenters. The van der Waals surface area contributed by atoms with Gasteiger partial charge in [-0.3, -0.25) is 0 Å². The van der Waals surface area contributed by atoms with E-state index in [0.717, 1.165) is 5.56 Å². The van der Waals surface area contributed by atoms with Gasteiger partial charge in [0.15, 0.2) is 0 Å². The van der Waals surface area contributed by atoms with Gasteiger partial charge in [-0.25, -0.2) is 8.78 Å². The summed E-state index contributed by atoms with van der Waals surface area (Å²) in [7, 11) is 0. The molecule has 3 N–H and O–H groups in total. The highest BCUT2D eigenvalue weighted by molar-refractivity contribution is 9.10. The van der Waals surface area contributed by atoms with Crippen molar-refractivity contribution in [1.29, 1.82) is 0 Å². The molecule has 2 nitrogen and oxygen atoms in total. The van der Waals surface area contributed by atoms with Crippen LogP contribution in [0.2, 0.25) is 0 Å². The van der Waals surface area contributed by atoms with E-state index in [1.54, 1.807) is 18.2 Å². The predicted octanol–water partition coefficient (Wildman–Crippen LogP) is 4.36. The van der Waals surface area contributed by atoms with Gasteiger partial charge < -0.3 is 11.1 Å². The molecule has 2 aromatic carbocycles. The zero-order chi connectivity index (χ0) is 13.3. The van der Waals surface area contributed by atoms with Gasteiger partial charge in [0.05, 0.1) is 15.8 Å². The lowest BCUT2D eigenvalue weighted by atomic mass is 10.1. The van der Waals surface area contributed by atoms with Gasteiger partial charge in [-0.15, -0.1) is 0 Å². The minimum absolute atomic E-state index is 0.0141. The van der Waals surface area contributed by atoms with E-state index in [4.69, 9.17) is 5.73 Å². The Balaban J connectivity index is 2.40. The summed E-state index contributed by atoms with van der Waals surface area (Å²) in [5.74, 6) is -0.895. The first-order valence-electron chi connectivity index (χ1n) is 5.25. The first kappa shape index (κ1) is 12.8. The molecule has 0 aromatic heterocycles. The molecule has 0 radical (unpaired) electrons. The van der Waals surface area contributed by atoms with Gasteiger partial charge in [0.2, 0.25) is 0 Å². The Bertz CT molecular complexity index is 600. The van der Waals surface area contributed by atoms with Crippen molar-refractivity contribution in [1.82, 2.24) is 0 Å². The molecule has 0 bridgehead atoms. The maximum atomic E-state index is 13.4. The standard InChI is InChI=1S/C13H11BrF2N2/c1-7-5-8(14)10(16)6-12(7)18-11-4-2-3-9(15)13(11)17/h2-6,18H,17H2,1H3. The van der Waals surface area contributed by atoms with Crippen LogP contribution in [-0.2, 0) is 0 Å². The van der Waals surface area contributed by atoms with Crippen LogP contribution in [0.1, 0.15) is 5.56 Å². The Kier molecular flexibility index (Phi) is 3.52. The number of nitrogens with two attached hydrogens (primary N) is 1. The van der Waals surface area contributed by atoms with Crippen molar-refractivity contribution < 1.29 is 8.78 Å². The third kappa shape index (κ3) is 2.46. The van der Waals surface area contributed by atoms with Crippen LogP contribution in [0.4, 0.5) is 25.8 Å². The average Bonchev–Trinajstić information content (AvgIpc) is 2.32. The second-order valence-electron chi connectivity index (χ2n) is 3.91. The summed E-state index contributed by atoms with van der Waals surface area (Å²) in [5.41, 5.74) is 7.41. The third-order valence-electron chi connectivity index (χ3n) is 2.59. The Labute approximate surface area is 112 Å². The molecule has 2 rings (SSSR count). The normalized spacial score (nSPS) is 10.4. The minimum atomic E-state index is -0.504. The average molecular weight is 313 g/mol. The van der Waals surface area contributed by atoms with E-state index in [2.05, 4.69) is 21.2 Å². The van der Waals surface area contributed by atoms with E-state index in [-0.39, 0.29) is 5.69 Å². The summed E-state index contributed by atoms with van der Waals surface area (Å²) < 4.78 is 27.1. The molecule has 0 spiro atoms. The summed E-state index contributed by atoms with van der Waals surface area (Å²) in [6, 6.07) is 7.43. The van der Waals surface area contributed by atoms with E-state index in [9.17, 15) is 8.78 Å². The topological polar surface area (TPSA) is 38.0 Å². The van der Waals surface area contributed by atoms with E-state index in [1.807, 2.05) is 6.92 Å². The fourth-order valence-electron chi connectivity index (χ4n) is 1.57. The molecule has 0 heterocycles. The molecule has 18 heavy (non-hydrogen) atoms. The quantitative estimate of drug-likeness (QED) is 0.808. The zero-order valence-corrected chi connectivity index (χ0v) is 11.2. The van der Waals surface area contributed by atoms with Crippen LogP contribution in [0.5, 0.6) is 0 Å². The molecule has 0 aliphatic heterocycles. The largest absolute Gasteiger partial charge is 0.395 e. The van der Waals surface area contributed by atoms with E-state index in [1.165, 1.54) is 12.1 Å². The lowest BCUT2D eigenvalue weighted by molar-refractivity contribution is 0.621. The van der Waals surface area contributed by atoms with Crippen molar-refractivity contribution >= 4 is 33.0 Å². The molecular weight excluding hydrogens is 302 g/mol. The number of nitrogen functional groups attached to an aromatic ring is 1. The number of benzene rings is 2. The summed E-state index contributed by atoms with van der Waals surface area (Å²) in [5, 5.41) is 2.92. The Morgan fingerprint density at radius 1 is 1.11 bits per heavy atom. The lowest BCUT2D eigenvalue weighted by Gasteiger charge is -2.12. The molecule has 0 saturated carbocycles. The monoisotopic (exact) mass is 312 g/mol. The van der Waals surface area contributed by atoms with Crippen LogP contribution in [0.25, 0.3) is 0 Å². The number of para-hydroxylation sites is 1. The highest BCUT2D eigenvalue weighted by Crippen LogP contribution is 2.29. The zero-order valence-electron chi connectivity index (χ0n) is 9.60. The summed E-state index contributed by atoms with van der Waals surface area (Å²) >= 11 is 3.10. The first-order chi connectivity index (χ1) is 8.49. The van der Waals surface area contributed by atoms with Gasteiger partial charge in [-0.2, -0.15) is 0 Å². The van der Waals surface area contributed by atoms with Gasteiger partial charge in [-0.1, -0.05) is 6.07 Å².